The Labute approximate surface area is 112 Å². The summed E-state index contributed by atoms with van der Waals surface area (Å²) in [5.74, 6) is 0.875. The molecule has 1 amide bonds. The van der Waals surface area contributed by atoms with Gasteiger partial charge < -0.3 is 9.88 Å². The van der Waals surface area contributed by atoms with E-state index in [1.165, 1.54) is 12.8 Å². The van der Waals surface area contributed by atoms with E-state index in [2.05, 4.69) is 4.98 Å². The molecule has 1 saturated carbocycles. The number of H-pyrrole nitrogens is 1. The Kier molecular flexibility index (Phi) is 3.17. The van der Waals surface area contributed by atoms with Crippen molar-refractivity contribution in [2.24, 2.45) is 11.8 Å². The number of hydrogen-bond acceptors (Lipinski definition) is 2. The molecule has 3 rings (SSSR count). The molecule has 1 fully saturated rings. The summed E-state index contributed by atoms with van der Waals surface area (Å²) in [6.07, 6.45) is 6.99. The quantitative estimate of drug-likeness (QED) is 0.904. The second-order valence-corrected chi connectivity index (χ2v) is 5.85. The van der Waals surface area contributed by atoms with Crippen molar-refractivity contribution in [1.82, 2.24) is 4.98 Å². The van der Waals surface area contributed by atoms with Crippen molar-refractivity contribution in [1.29, 1.82) is 0 Å². The molecule has 2 aliphatic rings. The molecule has 0 aromatic carbocycles. The predicted octanol–water partition coefficient (Wildman–Crippen LogP) is 2.09. The molecule has 4 nitrogen and oxygen atoms in total. The van der Waals surface area contributed by atoms with Gasteiger partial charge in [0.25, 0.3) is 5.56 Å². The second kappa shape index (κ2) is 4.83. The van der Waals surface area contributed by atoms with Gasteiger partial charge in [0.05, 0.1) is 0 Å². The maximum atomic E-state index is 12.5. The number of nitrogens with one attached hydrogen (secondary N) is 1. The lowest BCUT2D eigenvalue weighted by Gasteiger charge is -2.30. The van der Waals surface area contributed by atoms with Gasteiger partial charge in [0.1, 0.15) is 5.69 Å². The van der Waals surface area contributed by atoms with Crippen LogP contribution in [-0.4, -0.2) is 17.4 Å². The summed E-state index contributed by atoms with van der Waals surface area (Å²) >= 11 is 0. The number of aromatic nitrogens is 1. The molecule has 2 heterocycles. The lowest BCUT2D eigenvalue weighted by molar-refractivity contribution is -0.122. The average molecular weight is 260 g/mol. The first-order chi connectivity index (χ1) is 9.16. The Morgan fingerprint density at radius 2 is 2.32 bits per heavy atom. The SMILES string of the molecule is CC(CC1CC1)C(=O)N1CCCc2cc[nH]c(=O)c21. The molecule has 0 spiro atoms. The van der Waals surface area contributed by atoms with Gasteiger partial charge in [-0.2, -0.15) is 0 Å². The van der Waals surface area contributed by atoms with Crippen LogP contribution in [0.1, 0.15) is 38.2 Å². The van der Waals surface area contributed by atoms with Gasteiger partial charge in [-0.05, 0) is 36.8 Å². The van der Waals surface area contributed by atoms with Crippen LogP contribution in [0.5, 0.6) is 0 Å². The number of anilines is 1. The number of rotatable bonds is 3. The molecule has 0 bridgehead atoms. The zero-order valence-electron chi connectivity index (χ0n) is 11.3. The number of aromatic amines is 1. The van der Waals surface area contributed by atoms with Gasteiger partial charge >= 0.3 is 0 Å². The van der Waals surface area contributed by atoms with Crippen LogP contribution in [0.4, 0.5) is 5.69 Å². The molecular weight excluding hydrogens is 240 g/mol. The van der Waals surface area contributed by atoms with E-state index in [4.69, 9.17) is 0 Å². The molecule has 4 heteroatoms. The van der Waals surface area contributed by atoms with Gasteiger partial charge in [0, 0.05) is 18.7 Å². The number of pyridine rings is 1. The fourth-order valence-corrected chi connectivity index (χ4v) is 2.99. The van der Waals surface area contributed by atoms with E-state index in [0.717, 1.165) is 30.7 Å². The highest BCUT2D eigenvalue weighted by atomic mass is 16.2. The monoisotopic (exact) mass is 260 g/mol. The van der Waals surface area contributed by atoms with Crippen LogP contribution in [0.2, 0.25) is 0 Å². The van der Waals surface area contributed by atoms with Gasteiger partial charge in [0.15, 0.2) is 0 Å². The van der Waals surface area contributed by atoms with E-state index in [-0.39, 0.29) is 17.4 Å². The Hall–Kier alpha value is -1.58. The van der Waals surface area contributed by atoms with Crippen LogP contribution in [-0.2, 0) is 11.2 Å². The zero-order valence-corrected chi connectivity index (χ0v) is 11.3. The van der Waals surface area contributed by atoms with Gasteiger partial charge in [-0.25, -0.2) is 0 Å². The van der Waals surface area contributed by atoms with Gasteiger partial charge in [-0.1, -0.05) is 19.8 Å². The zero-order chi connectivity index (χ0) is 13.4. The third-order valence-electron chi connectivity index (χ3n) is 4.19. The summed E-state index contributed by atoms with van der Waals surface area (Å²) in [4.78, 5) is 28.9. The van der Waals surface area contributed by atoms with Crippen LogP contribution in [0.25, 0.3) is 0 Å². The molecule has 1 aliphatic heterocycles. The first kappa shape index (κ1) is 12.5. The highest BCUT2D eigenvalue weighted by Crippen LogP contribution is 2.36. The molecular formula is C15H20N2O2. The smallest absolute Gasteiger partial charge is 0.272 e. The number of nitrogens with zero attached hydrogens (tertiary/aromatic N) is 1. The Morgan fingerprint density at radius 3 is 3.05 bits per heavy atom. The minimum Gasteiger partial charge on any atom is -0.327 e. The highest BCUT2D eigenvalue weighted by Gasteiger charge is 2.32. The Balaban J connectivity index is 1.86. The molecule has 1 aromatic rings. The van der Waals surface area contributed by atoms with Crippen LogP contribution in [0.15, 0.2) is 17.1 Å². The van der Waals surface area contributed by atoms with E-state index in [9.17, 15) is 9.59 Å². The standard InChI is InChI=1S/C15H20N2O2/c1-10(9-11-4-5-11)15(19)17-8-2-3-12-6-7-16-14(18)13(12)17/h6-7,10-11H,2-5,8-9H2,1H3,(H,16,18). The van der Waals surface area contributed by atoms with Crippen LogP contribution < -0.4 is 10.5 Å². The maximum Gasteiger partial charge on any atom is 0.272 e. The summed E-state index contributed by atoms with van der Waals surface area (Å²) in [5, 5.41) is 0. The summed E-state index contributed by atoms with van der Waals surface area (Å²) in [7, 11) is 0. The fraction of sp³-hybridized carbons (Fsp3) is 0.600. The highest BCUT2D eigenvalue weighted by molar-refractivity contribution is 5.95. The molecule has 1 aromatic heterocycles. The van der Waals surface area contributed by atoms with Crippen molar-refractivity contribution in [3.8, 4) is 0 Å². The Morgan fingerprint density at radius 1 is 1.53 bits per heavy atom. The van der Waals surface area contributed by atoms with Crippen LogP contribution >= 0.6 is 0 Å². The van der Waals surface area contributed by atoms with Crippen molar-refractivity contribution in [3.63, 3.8) is 0 Å². The average Bonchev–Trinajstić information content (AvgIpc) is 3.21. The van der Waals surface area contributed by atoms with E-state index < -0.39 is 0 Å². The molecule has 0 saturated heterocycles. The summed E-state index contributed by atoms with van der Waals surface area (Å²) < 4.78 is 0. The van der Waals surface area contributed by atoms with Gasteiger partial charge in [0.2, 0.25) is 5.91 Å². The van der Waals surface area contributed by atoms with Crippen LogP contribution in [0.3, 0.4) is 0 Å². The van der Waals surface area contributed by atoms with Gasteiger partial charge in [-0.3, -0.25) is 9.59 Å². The number of amides is 1. The number of carbonyl (C=O) groups excluding carboxylic acids is 1. The van der Waals surface area contributed by atoms with E-state index in [1.807, 2.05) is 13.0 Å². The molecule has 102 valence electrons. The largest absolute Gasteiger partial charge is 0.327 e. The molecule has 1 atom stereocenters. The number of carbonyl (C=O) groups is 1. The third kappa shape index (κ3) is 2.44. The molecule has 1 N–H and O–H groups in total. The van der Waals surface area contributed by atoms with Crippen molar-refractivity contribution < 1.29 is 4.79 Å². The first-order valence-corrected chi connectivity index (χ1v) is 7.18. The lowest BCUT2D eigenvalue weighted by atomic mass is 9.98. The summed E-state index contributed by atoms with van der Waals surface area (Å²) in [6.45, 7) is 2.67. The van der Waals surface area contributed by atoms with Crippen molar-refractivity contribution in [2.75, 3.05) is 11.4 Å². The normalized spacial score (nSPS) is 19.9. The lowest BCUT2D eigenvalue weighted by Crippen LogP contribution is -2.42. The van der Waals surface area contributed by atoms with E-state index in [0.29, 0.717) is 12.2 Å². The molecule has 1 unspecified atom stereocenters. The molecule has 0 radical (unpaired) electrons. The predicted molar refractivity (Wildman–Crippen MR) is 74.2 cm³/mol. The molecule has 19 heavy (non-hydrogen) atoms. The number of fused-ring (bicyclic) bond motifs is 1. The molecule has 1 aliphatic carbocycles. The number of hydrogen-bond donors (Lipinski definition) is 1. The first-order valence-electron chi connectivity index (χ1n) is 7.18. The fourth-order valence-electron chi connectivity index (χ4n) is 2.99. The van der Waals surface area contributed by atoms with E-state index in [1.54, 1.807) is 11.1 Å². The summed E-state index contributed by atoms with van der Waals surface area (Å²) in [6, 6.07) is 1.92. The van der Waals surface area contributed by atoms with Crippen molar-refractivity contribution in [3.05, 3.63) is 28.2 Å². The van der Waals surface area contributed by atoms with Crippen LogP contribution in [0, 0.1) is 11.8 Å². The topological polar surface area (TPSA) is 53.2 Å². The summed E-state index contributed by atoms with van der Waals surface area (Å²) in [5.41, 5.74) is 1.45. The van der Waals surface area contributed by atoms with E-state index >= 15 is 0 Å². The third-order valence-corrected chi connectivity index (χ3v) is 4.19. The Bertz CT molecular complexity index is 545. The minimum atomic E-state index is -0.135. The second-order valence-electron chi connectivity index (χ2n) is 5.85. The van der Waals surface area contributed by atoms with Crippen molar-refractivity contribution in [2.45, 2.75) is 39.0 Å². The van der Waals surface area contributed by atoms with Crippen molar-refractivity contribution >= 4 is 11.6 Å². The maximum absolute atomic E-state index is 12.5. The van der Waals surface area contributed by atoms with Gasteiger partial charge in [-0.15, -0.1) is 0 Å². The number of aryl methyl sites for hydroxylation is 1. The minimum absolute atomic E-state index is 0.0260.